The third kappa shape index (κ3) is 0.857. The number of rotatable bonds is 0. The van der Waals surface area contributed by atoms with Crippen molar-refractivity contribution in [3.05, 3.63) is 12.2 Å². The molecule has 2 rings (SSSR count). The van der Waals surface area contributed by atoms with Crippen LogP contribution in [0.25, 0.3) is 0 Å². The summed E-state index contributed by atoms with van der Waals surface area (Å²) in [4.78, 5) is 11.1. The number of ketones is 1. The molecule has 0 heterocycles. The summed E-state index contributed by atoms with van der Waals surface area (Å²) < 4.78 is 0. The van der Waals surface area contributed by atoms with E-state index < -0.39 is 5.60 Å². The number of hydrogen-bond donors (Lipinski definition) is 1. The fourth-order valence-electron chi connectivity index (χ4n) is 2.21. The Morgan fingerprint density at radius 3 is 3.09 bits per heavy atom. The molecule has 2 aliphatic carbocycles. The first kappa shape index (κ1) is 7.04. The number of aliphatic hydroxyl groups is 1. The molecule has 0 aromatic rings. The average Bonchev–Trinajstić information content (AvgIpc) is 2.39. The molecule has 60 valence electrons. The highest BCUT2D eigenvalue weighted by molar-refractivity contribution is 5.95. The van der Waals surface area contributed by atoms with E-state index in [9.17, 15) is 9.90 Å². The van der Waals surface area contributed by atoms with Crippen molar-refractivity contribution in [3.63, 3.8) is 0 Å². The van der Waals surface area contributed by atoms with Crippen LogP contribution in [0.4, 0.5) is 0 Å². The molecule has 2 nitrogen and oxygen atoms in total. The molecule has 0 aromatic carbocycles. The van der Waals surface area contributed by atoms with Gasteiger partial charge in [-0.3, -0.25) is 4.79 Å². The number of fused-ring (bicyclic) bond motifs is 1. The number of hydrogen-bond acceptors (Lipinski definition) is 2. The fraction of sp³-hybridized carbons (Fsp3) is 0.667. The van der Waals surface area contributed by atoms with E-state index in [0.717, 1.165) is 12.8 Å². The van der Waals surface area contributed by atoms with Gasteiger partial charge < -0.3 is 5.11 Å². The molecule has 2 aliphatic rings. The Morgan fingerprint density at radius 1 is 1.73 bits per heavy atom. The van der Waals surface area contributed by atoms with Gasteiger partial charge in [-0.15, -0.1) is 0 Å². The Hall–Kier alpha value is -0.630. The highest BCUT2D eigenvalue weighted by atomic mass is 16.3. The minimum Gasteiger partial charge on any atom is -0.390 e. The van der Waals surface area contributed by atoms with Crippen LogP contribution in [-0.2, 0) is 4.79 Å². The van der Waals surface area contributed by atoms with Gasteiger partial charge in [0.1, 0.15) is 0 Å². The second kappa shape index (κ2) is 1.95. The number of carbonyl (C=O) groups excluding carboxylic acids is 1. The summed E-state index contributed by atoms with van der Waals surface area (Å²) in [5.74, 6) is 0.382. The van der Waals surface area contributed by atoms with Crippen LogP contribution in [0.1, 0.15) is 19.8 Å². The third-order valence-corrected chi connectivity index (χ3v) is 2.95. The first-order valence-corrected chi connectivity index (χ1v) is 4.06. The summed E-state index contributed by atoms with van der Waals surface area (Å²) in [6.07, 6.45) is 5.09. The summed E-state index contributed by atoms with van der Waals surface area (Å²) in [5.41, 5.74) is -0.632. The Kier molecular flexibility index (Phi) is 1.25. The Morgan fingerprint density at radius 2 is 2.45 bits per heavy atom. The van der Waals surface area contributed by atoms with Crippen LogP contribution in [-0.4, -0.2) is 16.5 Å². The molecule has 0 radical (unpaired) electrons. The van der Waals surface area contributed by atoms with Crippen molar-refractivity contribution in [2.24, 2.45) is 11.8 Å². The van der Waals surface area contributed by atoms with Gasteiger partial charge in [0.25, 0.3) is 0 Å². The van der Waals surface area contributed by atoms with Gasteiger partial charge in [0.05, 0.1) is 5.60 Å². The van der Waals surface area contributed by atoms with Crippen LogP contribution in [0.2, 0.25) is 0 Å². The fourth-order valence-corrected chi connectivity index (χ4v) is 2.21. The summed E-state index contributed by atoms with van der Waals surface area (Å²) in [6, 6.07) is 0. The lowest BCUT2D eigenvalue weighted by Gasteiger charge is -2.22. The van der Waals surface area contributed by atoms with E-state index >= 15 is 0 Å². The van der Waals surface area contributed by atoms with Crippen molar-refractivity contribution < 1.29 is 9.90 Å². The number of allylic oxidation sites excluding steroid dienone is 1. The Balaban J connectivity index is 2.30. The van der Waals surface area contributed by atoms with Gasteiger partial charge in [0.2, 0.25) is 0 Å². The topological polar surface area (TPSA) is 37.3 Å². The lowest BCUT2D eigenvalue weighted by molar-refractivity contribution is -0.118. The predicted octanol–water partition coefficient (Wildman–Crippen LogP) is 0.902. The minimum atomic E-state index is -0.632. The maximum absolute atomic E-state index is 11.1. The maximum Gasteiger partial charge on any atom is 0.159 e. The molecule has 0 amide bonds. The molecule has 3 atom stereocenters. The molecular weight excluding hydrogens is 140 g/mol. The van der Waals surface area contributed by atoms with Crippen molar-refractivity contribution >= 4 is 5.78 Å². The quantitative estimate of drug-likeness (QED) is 0.560. The van der Waals surface area contributed by atoms with E-state index in [1.165, 1.54) is 0 Å². The van der Waals surface area contributed by atoms with Gasteiger partial charge in [-0.1, -0.05) is 6.08 Å². The van der Waals surface area contributed by atoms with Gasteiger partial charge >= 0.3 is 0 Å². The SMILES string of the molecule is CC1(O)CCC2C(=O)C=CC21. The van der Waals surface area contributed by atoms with Gasteiger partial charge in [-0.25, -0.2) is 0 Å². The molecule has 1 fully saturated rings. The minimum absolute atomic E-state index is 0.0880. The smallest absolute Gasteiger partial charge is 0.159 e. The van der Waals surface area contributed by atoms with E-state index in [4.69, 9.17) is 0 Å². The summed E-state index contributed by atoms with van der Waals surface area (Å²) in [6.45, 7) is 1.82. The zero-order valence-electron chi connectivity index (χ0n) is 6.58. The normalized spacial score (nSPS) is 48.4. The number of carbonyl (C=O) groups is 1. The molecule has 11 heavy (non-hydrogen) atoms. The maximum atomic E-state index is 11.1. The Bertz CT molecular complexity index is 228. The van der Waals surface area contributed by atoms with Crippen molar-refractivity contribution in [2.45, 2.75) is 25.4 Å². The van der Waals surface area contributed by atoms with Gasteiger partial charge in [-0.05, 0) is 25.8 Å². The van der Waals surface area contributed by atoms with Crippen LogP contribution in [0.3, 0.4) is 0 Å². The lowest BCUT2D eigenvalue weighted by Crippen LogP contribution is -2.29. The van der Waals surface area contributed by atoms with Gasteiger partial charge in [0, 0.05) is 11.8 Å². The van der Waals surface area contributed by atoms with Crippen LogP contribution < -0.4 is 0 Å². The second-order valence-electron chi connectivity index (χ2n) is 3.79. The van der Waals surface area contributed by atoms with E-state index in [0.29, 0.717) is 0 Å². The molecule has 1 saturated carbocycles. The molecule has 0 aromatic heterocycles. The third-order valence-electron chi connectivity index (χ3n) is 2.95. The molecule has 0 bridgehead atoms. The van der Waals surface area contributed by atoms with Crippen LogP contribution >= 0.6 is 0 Å². The average molecular weight is 152 g/mol. The van der Waals surface area contributed by atoms with Gasteiger partial charge in [0.15, 0.2) is 5.78 Å². The zero-order chi connectivity index (χ0) is 8.06. The van der Waals surface area contributed by atoms with Crippen molar-refractivity contribution in [1.29, 1.82) is 0 Å². The highest BCUT2D eigenvalue weighted by Crippen LogP contribution is 2.44. The van der Waals surface area contributed by atoms with Crippen molar-refractivity contribution in [1.82, 2.24) is 0 Å². The molecule has 0 saturated heterocycles. The Labute approximate surface area is 65.9 Å². The van der Waals surface area contributed by atoms with Gasteiger partial charge in [-0.2, -0.15) is 0 Å². The van der Waals surface area contributed by atoms with Crippen molar-refractivity contribution in [2.75, 3.05) is 0 Å². The summed E-state index contributed by atoms with van der Waals surface area (Å²) in [7, 11) is 0. The molecule has 0 aliphatic heterocycles. The standard InChI is InChI=1S/C9H12O2/c1-9(11)5-4-6-7(9)2-3-8(6)10/h2-3,6-7,11H,4-5H2,1H3. The molecule has 3 unspecified atom stereocenters. The zero-order valence-corrected chi connectivity index (χ0v) is 6.58. The molecular formula is C9H12O2. The first-order valence-electron chi connectivity index (χ1n) is 4.06. The van der Waals surface area contributed by atoms with E-state index in [1.54, 1.807) is 6.08 Å². The lowest BCUT2D eigenvalue weighted by atomic mass is 9.90. The van der Waals surface area contributed by atoms with E-state index in [-0.39, 0.29) is 17.6 Å². The highest BCUT2D eigenvalue weighted by Gasteiger charge is 2.47. The van der Waals surface area contributed by atoms with Crippen LogP contribution in [0, 0.1) is 11.8 Å². The predicted molar refractivity (Wildman–Crippen MR) is 41.0 cm³/mol. The van der Waals surface area contributed by atoms with Crippen LogP contribution in [0.15, 0.2) is 12.2 Å². The largest absolute Gasteiger partial charge is 0.390 e. The molecule has 2 heteroatoms. The van der Waals surface area contributed by atoms with E-state index in [2.05, 4.69) is 0 Å². The second-order valence-corrected chi connectivity index (χ2v) is 3.79. The van der Waals surface area contributed by atoms with E-state index in [1.807, 2.05) is 13.0 Å². The summed E-state index contributed by atoms with van der Waals surface area (Å²) >= 11 is 0. The molecule has 1 N–H and O–H groups in total. The monoisotopic (exact) mass is 152 g/mol. The first-order chi connectivity index (χ1) is 5.11. The van der Waals surface area contributed by atoms with Crippen molar-refractivity contribution in [3.8, 4) is 0 Å². The van der Waals surface area contributed by atoms with Crippen LogP contribution in [0.5, 0.6) is 0 Å². The molecule has 0 spiro atoms. The summed E-state index contributed by atoms with van der Waals surface area (Å²) in [5, 5.41) is 9.78.